The molecule has 0 aliphatic carbocycles. The second-order valence-electron chi connectivity index (χ2n) is 8.17. The Morgan fingerprint density at radius 2 is 1.91 bits per heavy atom. The molecule has 0 saturated carbocycles. The van der Waals surface area contributed by atoms with Crippen molar-refractivity contribution in [3.8, 4) is 22.6 Å². The second-order valence-corrected chi connectivity index (χ2v) is 11.1. The number of carbonyl (C=O) groups excluding carboxylic acids is 1. The molecule has 34 heavy (non-hydrogen) atoms. The molecule has 4 aromatic rings. The van der Waals surface area contributed by atoms with Crippen molar-refractivity contribution in [2.75, 3.05) is 11.1 Å². The van der Waals surface area contributed by atoms with Crippen molar-refractivity contribution in [2.45, 2.75) is 59.2 Å². The van der Waals surface area contributed by atoms with E-state index in [2.05, 4.69) is 83.3 Å². The van der Waals surface area contributed by atoms with Gasteiger partial charge in [0.1, 0.15) is 0 Å². The molecular weight excluding hydrogens is 483 g/mol. The standard InChI is InChI=1S/C25H29N5OS3/c1-6-10-30-23(20-12-32-17(5)19(20)7-2)28-29-25(30)34-14-22(31)27-24-26-21(13-33-24)18-9-8-15(3)16(4)11-18/h8-9,11-13H,6-7,10,14H2,1-5H3,(H,26,27,31). The fraction of sp³-hybridized carbons (Fsp3) is 0.360. The van der Waals surface area contributed by atoms with Crippen LogP contribution in [0.5, 0.6) is 0 Å². The minimum Gasteiger partial charge on any atom is -0.302 e. The summed E-state index contributed by atoms with van der Waals surface area (Å²) in [6, 6.07) is 6.29. The number of hydrogen-bond donors (Lipinski definition) is 1. The lowest BCUT2D eigenvalue weighted by Gasteiger charge is -2.09. The topological polar surface area (TPSA) is 72.7 Å². The van der Waals surface area contributed by atoms with E-state index < -0.39 is 0 Å². The number of aromatic nitrogens is 4. The molecule has 1 aromatic carbocycles. The Bertz CT molecular complexity index is 1300. The maximum absolute atomic E-state index is 12.7. The number of carbonyl (C=O) groups is 1. The number of nitrogens with one attached hydrogen (secondary N) is 1. The van der Waals surface area contributed by atoms with E-state index in [1.54, 1.807) is 11.3 Å². The SMILES string of the molecule is CCCn1c(SCC(=O)Nc2nc(-c3ccc(C)c(C)c3)cs2)nnc1-c1csc(C)c1CC. The van der Waals surface area contributed by atoms with Gasteiger partial charge in [-0.25, -0.2) is 4.98 Å². The van der Waals surface area contributed by atoms with Gasteiger partial charge in [0.25, 0.3) is 0 Å². The molecule has 6 nitrogen and oxygen atoms in total. The zero-order valence-corrected chi connectivity index (χ0v) is 22.6. The predicted octanol–water partition coefficient (Wildman–Crippen LogP) is 6.76. The third-order valence-electron chi connectivity index (χ3n) is 5.75. The van der Waals surface area contributed by atoms with E-state index in [1.165, 1.54) is 44.7 Å². The summed E-state index contributed by atoms with van der Waals surface area (Å²) >= 11 is 4.60. The predicted molar refractivity (Wildman–Crippen MR) is 144 cm³/mol. The fourth-order valence-electron chi connectivity index (χ4n) is 3.78. The maximum atomic E-state index is 12.7. The van der Waals surface area contributed by atoms with Gasteiger partial charge in [0.15, 0.2) is 16.1 Å². The van der Waals surface area contributed by atoms with Crippen molar-refractivity contribution in [1.29, 1.82) is 0 Å². The summed E-state index contributed by atoms with van der Waals surface area (Å²) in [6.45, 7) is 11.5. The van der Waals surface area contributed by atoms with E-state index >= 15 is 0 Å². The first-order valence-electron chi connectivity index (χ1n) is 11.4. The van der Waals surface area contributed by atoms with Crippen LogP contribution in [0.1, 0.15) is 41.8 Å². The molecule has 0 saturated heterocycles. The number of thioether (sulfide) groups is 1. The quantitative estimate of drug-likeness (QED) is 0.251. The van der Waals surface area contributed by atoms with E-state index in [4.69, 9.17) is 0 Å². The lowest BCUT2D eigenvalue weighted by atomic mass is 10.1. The minimum absolute atomic E-state index is 0.0980. The number of aryl methyl sites for hydroxylation is 3. The summed E-state index contributed by atoms with van der Waals surface area (Å²) in [5.74, 6) is 1.05. The molecule has 0 bridgehead atoms. The molecule has 0 spiro atoms. The number of thiazole rings is 1. The average molecular weight is 512 g/mol. The van der Waals surface area contributed by atoms with Crippen LogP contribution in [0, 0.1) is 20.8 Å². The summed E-state index contributed by atoms with van der Waals surface area (Å²) < 4.78 is 2.14. The minimum atomic E-state index is -0.0980. The molecule has 0 aliphatic heterocycles. The molecule has 9 heteroatoms. The summed E-state index contributed by atoms with van der Waals surface area (Å²) in [4.78, 5) is 18.6. The van der Waals surface area contributed by atoms with E-state index in [0.29, 0.717) is 5.13 Å². The third kappa shape index (κ3) is 5.26. The lowest BCUT2D eigenvalue weighted by Crippen LogP contribution is -2.14. The van der Waals surface area contributed by atoms with Crippen LogP contribution in [0.2, 0.25) is 0 Å². The number of rotatable bonds is 9. The highest BCUT2D eigenvalue weighted by Gasteiger charge is 2.19. The number of hydrogen-bond acceptors (Lipinski definition) is 7. The number of amides is 1. The molecule has 0 atom stereocenters. The summed E-state index contributed by atoms with van der Waals surface area (Å²) in [7, 11) is 0. The molecule has 0 fully saturated rings. The fourth-order valence-corrected chi connectivity index (χ4v) is 6.22. The van der Waals surface area contributed by atoms with Crippen molar-refractivity contribution < 1.29 is 4.79 Å². The van der Waals surface area contributed by atoms with Crippen LogP contribution in [-0.2, 0) is 17.8 Å². The first kappa shape index (κ1) is 24.6. The van der Waals surface area contributed by atoms with Gasteiger partial charge in [-0.15, -0.1) is 32.9 Å². The number of benzene rings is 1. The molecule has 3 aromatic heterocycles. The number of thiophene rings is 1. The molecule has 3 heterocycles. The molecular formula is C25H29N5OS3. The van der Waals surface area contributed by atoms with Crippen LogP contribution in [0.15, 0.2) is 34.1 Å². The molecule has 4 rings (SSSR count). The Morgan fingerprint density at radius 3 is 2.65 bits per heavy atom. The van der Waals surface area contributed by atoms with E-state index in [-0.39, 0.29) is 11.7 Å². The molecule has 1 N–H and O–H groups in total. The number of anilines is 1. The first-order chi connectivity index (χ1) is 16.4. The Morgan fingerprint density at radius 1 is 1.09 bits per heavy atom. The van der Waals surface area contributed by atoms with E-state index in [9.17, 15) is 4.79 Å². The van der Waals surface area contributed by atoms with E-state index in [1.807, 2.05) is 5.38 Å². The Kier molecular flexibility index (Phi) is 7.85. The van der Waals surface area contributed by atoms with Gasteiger partial charge in [0.05, 0.1) is 11.4 Å². The van der Waals surface area contributed by atoms with Gasteiger partial charge in [-0.05, 0) is 56.4 Å². The van der Waals surface area contributed by atoms with Crippen molar-refractivity contribution in [3.63, 3.8) is 0 Å². The van der Waals surface area contributed by atoms with Crippen molar-refractivity contribution in [2.24, 2.45) is 0 Å². The highest BCUT2D eigenvalue weighted by molar-refractivity contribution is 7.99. The largest absolute Gasteiger partial charge is 0.302 e. The maximum Gasteiger partial charge on any atom is 0.236 e. The first-order valence-corrected chi connectivity index (χ1v) is 14.1. The third-order valence-corrected chi connectivity index (χ3v) is 8.43. The summed E-state index contributed by atoms with van der Waals surface area (Å²) in [5.41, 5.74) is 6.90. The van der Waals surface area contributed by atoms with Crippen molar-refractivity contribution in [1.82, 2.24) is 19.7 Å². The van der Waals surface area contributed by atoms with Gasteiger partial charge in [-0.1, -0.05) is 37.7 Å². The van der Waals surface area contributed by atoms with Crippen LogP contribution in [0.3, 0.4) is 0 Å². The molecule has 0 aliphatic rings. The van der Waals surface area contributed by atoms with Crippen LogP contribution in [0.25, 0.3) is 22.6 Å². The monoisotopic (exact) mass is 511 g/mol. The zero-order chi connectivity index (χ0) is 24.2. The molecule has 178 valence electrons. The zero-order valence-electron chi connectivity index (χ0n) is 20.1. The van der Waals surface area contributed by atoms with Gasteiger partial charge < -0.3 is 9.88 Å². The normalized spacial score (nSPS) is 11.2. The highest BCUT2D eigenvalue weighted by Crippen LogP contribution is 2.33. The molecule has 0 unspecified atom stereocenters. The van der Waals surface area contributed by atoms with E-state index in [0.717, 1.165) is 47.2 Å². The van der Waals surface area contributed by atoms with Gasteiger partial charge in [-0.3, -0.25) is 4.79 Å². The summed E-state index contributed by atoms with van der Waals surface area (Å²) in [5, 5.41) is 17.4. The Hall–Kier alpha value is -2.49. The molecule has 1 amide bonds. The van der Waals surface area contributed by atoms with Gasteiger partial charge >= 0.3 is 0 Å². The van der Waals surface area contributed by atoms with Crippen LogP contribution >= 0.6 is 34.4 Å². The molecule has 0 radical (unpaired) electrons. The van der Waals surface area contributed by atoms with Crippen LogP contribution < -0.4 is 5.32 Å². The second kappa shape index (κ2) is 10.8. The number of nitrogens with zero attached hydrogens (tertiary/aromatic N) is 4. The van der Waals surface area contributed by atoms with Crippen molar-refractivity contribution >= 4 is 45.5 Å². The van der Waals surface area contributed by atoms with Crippen LogP contribution in [-0.4, -0.2) is 31.4 Å². The van der Waals surface area contributed by atoms with Gasteiger partial charge in [0.2, 0.25) is 5.91 Å². The average Bonchev–Trinajstić information content (AvgIpc) is 3.53. The van der Waals surface area contributed by atoms with Crippen molar-refractivity contribution in [3.05, 3.63) is 50.5 Å². The Balaban J connectivity index is 1.44. The summed E-state index contributed by atoms with van der Waals surface area (Å²) in [6.07, 6.45) is 1.93. The Labute approximate surface area is 212 Å². The smallest absolute Gasteiger partial charge is 0.236 e. The lowest BCUT2D eigenvalue weighted by molar-refractivity contribution is -0.113. The van der Waals surface area contributed by atoms with Gasteiger partial charge in [-0.2, -0.15) is 0 Å². The highest BCUT2D eigenvalue weighted by atomic mass is 32.2. The van der Waals surface area contributed by atoms with Crippen LogP contribution in [0.4, 0.5) is 5.13 Å². The van der Waals surface area contributed by atoms with Gasteiger partial charge in [0, 0.05) is 33.3 Å².